The molecule has 20 heavy (non-hydrogen) atoms. The van der Waals surface area contributed by atoms with Crippen LogP contribution in [0.15, 0.2) is 36.7 Å². The fourth-order valence-electron chi connectivity index (χ4n) is 1.69. The van der Waals surface area contributed by atoms with Gasteiger partial charge in [-0.25, -0.2) is 4.98 Å². The summed E-state index contributed by atoms with van der Waals surface area (Å²) >= 11 is 0. The number of ether oxygens (including phenoxy) is 1. The smallest absolute Gasteiger partial charge is 0.406 e. The molecule has 4 nitrogen and oxygen atoms in total. The number of hydrogen-bond acceptors (Lipinski definition) is 3. The van der Waals surface area contributed by atoms with Gasteiger partial charge in [-0.15, -0.1) is 13.2 Å². The van der Waals surface area contributed by atoms with Crippen molar-refractivity contribution >= 4 is 5.95 Å². The first-order chi connectivity index (χ1) is 9.49. The van der Waals surface area contributed by atoms with Gasteiger partial charge in [0.2, 0.25) is 5.95 Å². The van der Waals surface area contributed by atoms with Gasteiger partial charge in [0.25, 0.3) is 0 Å². The Bertz CT molecular complexity index is 549. The predicted octanol–water partition coefficient (Wildman–Crippen LogP) is 3.59. The summed E-state index contributed by atoms with van der Waals surface area (Å²) in [7, 11) is 0. The molecule has 0 bridgehead atoms. The third-order valence-electron chi connectivity index (χ3n) is 2.52. The maximum Gasteiger partial charge on any atom is 0.573 e. The van der Waals surface area contributed by atoms with Gasteiger partial charge >= 0.3 is 6.36 Å². The van der Waals surface area contributed by atoms with Gasteiger partial charge in [0.05, 0.1) is 0 Å². The van der Waals surface area contributed by atoms with Crippen LogP contribution in [0.3, 0.4) is 0 Å². The number of benzene rings is 1. The quantitative estimate of drug-likeness (QED) is 0.912. The minimum Gasteiger partial charge on any atom is -0.406 e. The van der Waals surface area contributed by atoms with E-state index in [-0.39, 0.29) is 5.75 Å². The average Bonchev–Trinajstić information content (AvgIpc) is 2.83. The van der Waals surface area contributed by atoms with E-state index in [9.17, 15) is 13.2 Å². The molecule has 0 saturated carbocycles. The van der Waals surface area contributed by atoms with Crippen molar-refractivity contribution in [3.8, 4) is 11.4 Å². The molecule has 0 fully saturated rings. The molecule has 0 spiro atoms. The van der Waals surface area contributed by atoms with E-state index in [0.29, 0.717) is 11.6 Å². The summed E-state index contributed by atoms with van der Waals surface area (Å²) in [6.07, 6.45) is -0.370. The maximum atomic E-state index is 12.1. The van der Waals surface area contributed by atoms with Crippen molar-refractivity contribution in [1.29, 1.82) is 0 Å². The number of alkyl halides is 3. The van der Waals surface area contributed by atoms with Crippen LogP contribution in [0.4, 0.5) is 19.1 Å². The lowest BCUT2D eigenvalue weighted by atomic mass is 10.3. The summed E-state index contributed by atoms with van der Waals surface area (Å²) < 4.78 is 41.8. The summed E-state index contributed by atoms with van der Waals surface area (Å²) in [6, 6.07) is 5.62. The molecule has 0 aliphatic rings. The van der Waals surface area contributed by atoms with Gasteiger partial charge < -0.3 is 10.1 Å². The molecule has 7 heteroatoms. The van der Waals surface area contributed by atoms with Gasteiger partial charge in [-0.3, -0.25) is 4.57 Å². The highest BCUT2D eigenvalue weighted by Gasteiger charge is 2.30. The van der Waals surface area contributed by atoms with Crippen molar-refractivity contribution in [2.24, 2.45) is 0 Å². The van der Waals surface area contributed by atoms with Crippen LogP contribution in [-0.2, 0) is 0 Å². The standard InChI is InChI=1S/C13H14F3N3O/c1-2-7-17-12-18-8-9-19(12)10-3-5-11(6-4-10)20-13(14,15)16/h3-6,8-9H,2,7H2,1H3,(H,17,18). The number of aromatic nitrogens is 2. The zero-order valence-electron chi connectivity index (χ0n) is 10.8. The largest absolute Gasteiger partial charge is 0.573 e. The molecule has 0 amide bonds. The number of nitrogens with zero attached hydrogens (tertiary/aromatic N) is 2. The fraction of sp³-hybridized carbons (Fsp3) is 0.308. The van der Waals surface area contributed by atoms with E-state index in [2.05, 4.69) is 15.0 Å². The van der Waals surface area contributed by atoms with Crippen LogP contribution < -0.4 is 10.1 Å². The van der Waals surface area contributed by atoms with Crippen molar-refractivity contribution in [2.45, 2.75) is 19.7 Å². The van der Waals surface area contributed by atoms with Crippen LogP contribution >= 0.6 is 0 Å². The first-order valence-corrected chi connectivity index (χ1v) is 6.13. The molecular weight excluding hydrogens is 271 g/mol. The third-order valence-corrected chi connectivity index (χ3v) is 2.52. The minimum atomic E-state index is -4.68. The second-order valence-electron chi connectivity index (χ2n) is 4.09. The molecule has 0 saturated heterocycles. The van der Waals surface area contributed by atoms with Crippen LogP contribution in [0.2, 0.25) is 0 Å². The molecular formula is C13H14F3N3O. The van der Waals surface area contributed by atoms with E-state index in [1.165, 1.54) is 12.1 Å². The molecule has 108 valence electrons. The van der Waals surface area contributed by atoms with E-state index < -0.39 is 6.36 Å². The Morgan fingerprint density at radius 1 is 1.25 bits per heavy atom. The third kappa shape index (κ3) is 3.66. The van der Waals surface area contributed by atoms with Crippen molar-refractivity contribution < 1.29 is 17.9 Å². The minimum absolute atomic E-state index is 0.246. The number of nitrogens with one attached hydrogen (secondary N) is 1. The fourth-order valence-corrected chi connectivity index (χ4v) is 1.69. The molecule has 0 aliphatic heterocycles. The Morgan fingerprint density at radius 2 is 1.95 bits per heavy atom. The lowest BCUT2D eigenvalue weighted by molar-refractivity contribution is -0.274. The predicted molar refractivity (Wildman–Crippen MR) is 69.0 cm³/mol. The molecule has 1 heterocycles. The number of hydrogen-bond donors (Lipinski definition) is 1. The zero-order chi connectivity index (χ0) is 14.6. The molecule has 0 radical (unpaired) electrons. The summed E-state index contributed by atoms with van der Waals surface area (Å²) in [5.74, 6) is 0.403. The zero-order valence-corrected chi connectivity index (χ0v) is 10.8. The van der Waals surface area contributed by atoms with Crippen molar-refractivity contribution in [3.63, 3.8) is 0 Å². The van der Waals surface area contributed by atoms with Gasteiger partial charge in [0.1, 0.15) is 5.75 Å². The SMILES string of the molecule is CCCNc1nccn1-c1ccc(OC(F)(F)F)cc1. The van der Waals surface area contributed by atoms with Crippen molar-refractivity contribution in [2.75, 3.05) is 11.9 Å². The first kappa shape index (κ1) is 14.2. The van der Waals surface area contributed by atoms with E-state index in [0.717, 1.165) is 13.0 Å². The molecule has 1 aromatic carbocycles. The van der Waals surface area contributed by atoms with E-state index in [1.807, 2.05) is 6.92 Å². The van der Waals surface area contributed by atoms with Crippen molar-refractivity contribution in [1.82, 2.24) is 9.55 Å². The van der Waals surface area contributed by atoms with Gasteiger partial charge in [0, 0.05) is 24.6 Å². The average molecular weight is 285 g/mol. The monoisotopic (exact) mass is 285 g/mol. The molecule has 1 aromatic heterocycles. The summed E-state index contributed by atoms with van der Waals surface area (Å²) in [4.78, 5) is 4.15. The van der Waals surface area contributed by atoms with Gasteiger partial charge in [0.15, 0.2) is 0 Å². The van der Waals surface area contributed by atoms with Crippen LogP contribution in [0.25, 0.3) is 5.69 Å². The first-order valence-electron chi connectivity index (χ1n) is 6.13. The highest BCUT2D eigenvalue weighted by atomic mass is 19.4. The molecule has 0 atom stereocenters. The molecule has 2 aromatic rings. The molecule has 0 aliphatic carbocycles. The molecule has 0 unspecified atom stereocenters. The van der Waals surface area contributed by atoms with Crippen LogP contribution in [0.1, 0.15) is 13.3 Å². The topological polar surface area (TPSA) is 39.1 Å². The summed E-state index contributed by atoms with van der Waals surface area (Å²) in [5.41, 5.74) is 0.704. The van der Waals surface area contributed by atoms with Crippen molar-refractivity contribution in [3.05, 3.63) is 36.7 Å². The number of imidazole rings is 1. The molecule has 1 N–H and O–H groups in total. The van der Waals surface area contributed by atoms with Gasteiger partial charge in [-0.05, 0) is 30.7 Å². The van der Waals surface area contributed by atoms with Crippen LogP contribution in [0.5, 0.6) is 5.75 Å². The number of anilines is 1. The van der Waals surface area contributed by atoms with Crippen LogP contribution in [0, 0.1) is 0 Å². The number of rotatable bonds is 5. The summed E-state index contributed by atoms with van der Waals surface area (Å²) in [5, 5.41) is 3.13. The van der Waals surface area contributed by atoms with E-state index in [4.69, 9.17) is 0 Å². The Kier molecular flexibility index (Phi) is 4.16. The second kappa shape index (κ2) is 5.85. The number of halogens is 3. The molecule has 2 rings (SSSR count). The Morgan fingerprint density at radius 3 is 2.55 bits per heavy atom. The Hall–Kier alpha value is -2.18. The van der Waals surface area contributed by atoms with Gasteiger partial charge in [-0.1, -0.05) is 6.92 Å². The van der Waals surface area contributed by atoms with E-state index >= 15 is 0 Å². The normalized spacial score (nSPS) is 11.4. The van der Waals surface area contributed by atoms with Gasteiger partial charge in [-0.2, -0.15) is 0 Å². The Labute approximate surface area is 114 Å². The Balaban J connectivity index is 2.16. The second-order valence-corrected chi connectivity index (χ2v) is 4.09. The summed E-state index contributed by atoms with van der Waals surface area (Å²) in [6.45, 7) is 2.80. The highest BCUT2D eigenvalue weighted by Crippen LogP contribution is 2.24. The lowest BCUT2D eigenvalue weighted by Gasteiger charge is -2.11. The maximum absolute atomic E-state index is 12.1. The lowest BCUT2D eigenvalue weighted by Crippen LogP contribution is -2.17. The van der Waals surface area contributed by atoms with E-state index in [1.54, 1.807) is 29.1 Å². The van der Waals surface area contributed by atoms with Crippen LogP contribution in [-0.4, -0.2) is 22.5 Å². The highest BCUT2D eigenvalue weighted by molar-refractivity contribution is 5.44.